The van der Waals surface area contributed by atoms with E-state index < -0.39 is 38.6 Å². The number of ether oxygens (including phenoxy) is 1. The lowest BCUT2D eigenvalue weighted by Crippen LogP contribution is -2.37. The van der Waals surface area contributed by atoms with Crippen LogP contribution in [0.5, 0.6) is 0 Å². The van der Waals surface area contributed by atoms with Crippen LogP contribution >= 0.6 is 0 Å². The van der Waals surface area contributed by atoms with Crippen molar-refractivity contribution in [2.24, 2.45) is 0 Å². The Morgan fingerprint density at radius 3 is 2.44 bits per heavy atom. The second-order valence-corrected chi connectivity index (χ2v) is 12.9. The first-order valence-corrected chi connectivity index (χ1v) is 15.5. The van der Waals surface area contributed by atoms with Crippen LogP contribution in [0.2, 0.25) is 0 Å². The van der Waals surface area contributed by atoms with Crippen molar-refractivity contribution in [3.05, 3.63) is 64.9 Å². The zero-order valence-corrected chi connectivity index (χ0v) is 26.5. The highest BCUT2D eigenvalue weighted by Gasteiger charge is 2.35. The van der Waals surface area contributed by atoms with Crippen LogP contribution in [0.4, 0.5) is 30.8 Å². The molecule has 1 aliphatic rings. The minimum Gasteiger partial charge on any atom is -0.463 e. The molecule has 1 aromatic heterocycles. The first-order valence-electron chi connectivity index (χ1n) is 14.1. The van der Waals surface area contributed by atoms with Gasteiger partial charge in [-0.15, -0.1) is 5.10 Å². The summed E-state index contributed by atoms with van der Waals surface area (Å²) in [5.41, 5.74) is 1.93. The molecule has 244 valence electrons. The van der Waals surface area contributed by atoms with Gasteiger partial charge in [-0.25, -0.2) is 22.0 Å². The van der Waals surface area contributed by atoms with Gasteiger partial charge in [-0.2, -0.15) is 8.99 Å². The number of aromatic nitrogens is 2. The third-order valence-corrected chi connectivity index (χ3v) is 9.46. The number of likely N-dealkylation sites (N-methyl/N-ethyl adjacent to an activating group) is 2. The number of hydrogen-bond acceptors (Lipinski definition) is 9. The number of benzene rings is 2. The summed E-state index contributed by atoms with van der Waals surface area (Å²) in [4.78, 5) is 29.2. The number of amides is 1. The maximum atomic E-state index is 13.8. The molecule has 2 aromatic carbocycles. The molecule has 1 amide bonds. The van der Waals surface area contributed by atoms with Crippen molar-refractivity contribution < 1.29 is 36.6 Å². The number of hydrogen-bond donors (Lipinski definition) is 3. The van der Waals surface area contributed by atoms with Gasteiger partial charge in [0.1, 0.15) is 11.6 Å². The quantitative estimate of drug-likeness (QED) is 0.250. The summed E-state index contributed by atoms with van der Waals surface area (Å²) in [7, 11) is 3.10. The number of anilines is 3. The van der Waals surface area contributed by atoms with Crippen molar-refractivity contribution in [3.63, 3.8) is 0 Å². The molecule has 1 atom stereocenters. The van der Waals surface area contributed by atoms with E-state index in [0.29, 0.717) is 41.7 Å². The highest BCUT2D eigenvalue weighted by atomic mass is 32.2. The summed E-state index contributed by atoms with van der Waals surface area (Å²) in [6, 6.07) is 7.47. The van der Waals surface area contributed by atoms with Gasteiger partial charge in [0.25, 0.3) is 5.91 Å². The third kappa shape index (κ3) is 7.58. The first kappa shape index (κ1) is 33.8. The van der Waals surface area contributed by atoms with E-state index in [1.165, 1.54) is 0 Å². The Morgan fingerprint density at radius 1 is 1.13 bits per heavy atom. The fraction of sp³-hybridized carbons (Fsp3) is 0.414. The zero-order valence-electron chi connectivity index (χ0n) is 25.7. The van der Waals surface area contributed by atoms with Gasteiger partial charge in [0, 0.05) is 75.8 Å². The molecule has 0 aliphatic carbocycles. The van der Waals surface area contributed by atoms with E-state index in [4.69, 9.17) is 4.74 Å². The average molecular weight is 650 g/mol. The number of carbonyl (C=O) groups excluding carboxylic acids is 1. The summed E-state index contributed by atoms with van der Waals surface area (Å²) in [5, 5.41) is 19.7. The first-order chi connectivity index (χ1) is 21.2. The Kier molecular flexibility index (Phi) is 10.4. The van der Waals surface area contributed by atoms with Crippen LogP contribution in [-0.2, 0) is 27.7 Å². The fourth-order valence-corrected chi connectivity index (χ4v) is 6.38. The maximum absolute atomic E-state index is 13.8. The molecule has 3 N–H and O–H groups in total. The van der Waals surface area contributed by atoms with E-state index >= 15 is 0 Å². The number of rotatable bonds is 12. The summed E-state index contributed by atoms with van der Waals surface area (Å²) < 4.78 is 61.1. The molecule has 4 rings (SSSR count). The number of nitrogens with zero attached hydrogens (tertiary/aromatic N) is 5. The molecule has 2 heterocycles. The molecule has 0 radical (unpaired) electrons. The highest BCUT2D eigenvalue weighted by Crippen LogP contribution is 2.31. The highest BCUT2D eigenvalue weighted by molar-refractivity contribution is 7.89. The molecule has 1 unspecified atom stereocenters. The molecule has 0 fully saturated rings. The number of nitrogens with one attached hydrogen (secondary N) is 2. The molecule has 16 heteroatoms. The molecule has 0 spiro atoms. The Balaban J connectivity index is 1.66. The van der Waals surface area contributed by atoms with Crippen molar-refractivity contribution in [1.29, 1.82) is 0 Å². The number of carboxylic acid groups (broad SMARTS) is 1. The lowest BCUT2D eigenvalue weighted by Gasteiger charge is -2.28. The molecular weight excluding hydrogens is 612 g/mol. The predicted octanol–water partition coefficient (Wildman–Crippen LogP) is 3.13. The fourth-order valence-electron chi connectivity index (χ4n) is 4.93. The second kappa shape index (κ2) is 13.9. The van der Waals surface area contributed by atoms with Crippen molar-refractivity contribution in [3.8, 4) is 0 Å². The number of methoxy groups -OCH3 is 1. The number of sulfonamides is 1. The van der Waals surface area contributed by atoms with Gasteiger partial charge >= 0.3 is 6.09 Å². The van der Waals surface area contributed by atoms with Gasteiger partial charge in [-0.05, 0) is 51.4 Å². The van der Waals surface area contributed by atoms with Gasteiger partial charge in [-0.3, -0.25) is 4.79 Å². The van der Waals surface area contributed by atoms with Crippen molar-refractivity contribution >= 4 is 39.2 Å². The van der Waals surface area contributed by atoms with Crippen LogP contribution in [-0.4, -0.2) is 105 Å². The summed E-state index contributed by atoms with van der Waals surface area (Å²) in [6.45, 7) is 3.02. The van der Waals surface area contributed by atoms with Crippen LogP contribution in [0.25, 0.3) is 0 Å². The van der Waals surface area contributed by atoms with Crippen LogP contribution in [0.3, 0.4) is 0 Å². The Bertz CT molecular complexity index is 1660. The van der Waals surface area contributed by atoms with E-state index in [0.717, 1.165) is 16.5 Å². The molecule has 0 saturated heterocycles. The Morgan fingerprint density at radius 2 is 1.82 bits per heavy atom. The lowest BCUT2D eigenvalue weighted by molar-refractivity contribution is 0.102. The maximum Gasteiger partial charge on any atom is 0.432 e. The van der Waals surface area contributed by atoms with E-state index in [-0.39, 0.29) is 48.2 Å². The third-order valence-electron chi connectivity index (χ3n) is 7.64. The molecular formula is C29H37F2N7O6S. The van der Waals surface area contributed by atoms with E-state index in [2.05, 4.69) is 32.5 Å². The minimum atomic E-state index is -4.38. The van der Waals surface area contributed by atoms with Crippen molar-refractivity contribution in [2.75, 3.05) is 70.0 Å². The predicted molar refractivity (Wildman–Crippen MR) is 164 cm³/mol. The molecule has 0 bridgehead atoms. The second-order valence-electron chi connectivity index (χ2n) is 11.0. The van der Waals surface area contributed by atoms with Crippen molar-refractivity contribution in [1.82, 2.24) is 19.0 Å². The molecule has 45 heavy (non-hydrogen) atoms. The van der Waals surface area contributed by atoms with Gasteiger partial charge in [0.2, 0.25) is 10.0 Å². The molecule has 13 nitrogen and oxygen atoms in total. The Labute approximate surface area is 260 Å². The standard InChI is InChI=1S/C29H37F2N7O6S/c1-18(35(2)3)16-36(4)21-6-7-23(25(15-21)32-9-11-44-5)28(39)33-27-24-17-37(10-8-26(24)38(34-27)29(40)41)45(42,43)22-13-19(30)12-20(31)14-22/h6-7,12-15,18,32H,8-11,16-17H2,1-5H3,(H,40,41)(H,33,34,39). The van der Waals surface area contributed by atoms with Crippen LogP contribution in [0.1, 0.15) is 28.5 Å². The molecule has 0 saturated carbocycles. The van der Waals surface area contributed by atoms with Crippen molar-refractivity contribution in [2.45, 2.75) is 30.8 Å². The summed E-state index contributed by atoms with van der Waals surface area (Å²) >= 11 is 0. The normalized spacial score (nSPS) is 14.2. The van der Waals surface area contributed by atoms with Gasteiger partial charge in [0.15, 0.2) is 5.82 Å². The zero-order chi connectivity index (χ0) is 33.1. The van der Waals surface area contributed by atoms with Gasteiger partial charge in [0.05, 0.1) is 22.8 Å². The molecule has 1 aliphatic heterocycles. The summed E-state index contributed by atoms with van der Waals surface area (Å²) in [5.74, 6) is -2.88. The monoisotopic (exact) mass is 649 g/mol. The number of halogens is 2. The lowest BCUT2D eigenvalue weighted by atomic mass is 10.1. The topological polar surface area (TPSA) is 149 Å². The van der Waals surface area contributed by atoms with Gasteiger partial charge in [-0.1, -0.05) is 0 Å². The smallest absolute Gasteiger partial charge is 0.432 e. The van der Waals surface area contributed by atoms with E-state index in [9.17, 15) is 31.9 Å². The number of carbonyl (C=O) groups is 2. The SMILES string of the molecule is COCCNc1cc(N(C)CC(C)N(C)C)ccc1C(=O)Nc1nn(C(=O)O)c2c1CN(S(=O)(=O)c1cc(F)cc(F)c1)CC2. The molecule has 3 aromatic rings. The van der Waals surface area contributed by atoms with Crippen LogP contribution < -0.4 is 15.5 Å². The van der Waals surface area contributed by atoms with Crippen LogP contribution in [0, 0.1) is 11.6 Å². The average Bonchev–Trinajstić information content (AvgIpc) is 3.34. The van der Waals surface area contributed by atoms with E-state index in [1.807, 2.05) is 27.2 Å². The Hall–Kier alpha value is -4.12. The number of fused-ring (bicyclic) bond motifs is 1. The minimum absolute atomic E-state index is 0.0717. The van der Waals surface area contributed by atoms with E-state index in [1.54, 1.807) is 19.2 Å². The summed E-state index contributed by atoms with van der Waals surface area (Å²) in [6.07, 6.45) is -1.49. The largest absolute Gasteiger partial charge is 0.463 e. The van der Waals surface area contributed by atoms with Crippen LogP contribution in [0.15, 0.2) is 41.3 Å². The van der Waals surface area contributed by atoms with Gasteiger partial charge < -0.3 is 30.3 Å².